The van der Waals surface area contributed by atoms with Gasteiger partial charge in [-0.2, -0.15) is 0 Å². The Morgan fingerprint density at radius 2 is 1.95 bits per heavy atom. The van der Waals surface area contributed by atoms with Gasteiger partial charge in [-0.3, -0.25) is 4.79 Å². The van der Waals surface area contributed by atoms with Crippen LogP contribution in [0.4, 0.5) is 5.69 Å². The molecule has 2 aromatic carbocycles. The Labute approximate surface area is 132 Å². The molecule has 0 fully saturated rings. The first-order valence-corrected chi connectivity index (χ1v) is 7.38. The zero-order valence-electron chi connectivity index (χ0n) is 11.7. The van der Waals surface area contributed by atoms with Gasteiger partial charge in [-0.05, 0) is 42.9 Å². The summed E-state index contributed by atoms with van der Waals surface area (Å²) in [7, 11) is 1.90. The van der Waals surface area contributed by atoms with E-state index in [4.69, 9.17) is 4.74 Å². The van der Waals surface area contributed by atoms with Gasteiger partial charge in [0, 0.05) is 16.7 Å². The van der Waals surface area contributed by atoms with Gasteiger partial charge in [-0.15, -0.1) is 0 Å². The van der Waals surface area contributed by atoms with Gasteiger partial charge < -0.3 is 15.4 Å². The van der Waals surface area contributed by atoms with Crippen LogP contribution in [0.15, 0.2) is 53.0 Å². The van der Waals surface area contributed by atoms with Crippen LogP contribution in [0.25, 0.3) is 0 Å². The number of nitrogens with one attached hydrogen (secondary N) is 2. The topological polar surface area (TPSA) is 50.4 Å². The summed E-state index contributed by atoms with van der Waals surface area (Å²) < 4.78 is 6.38. The van der Waals surface area contributed by atoms with E-state index in [1.807, 2.05) is 55.6 Å². The summed E-state index contributed by atoms with van der Waals surface area (Å²) in [4.78, 5) is 11.8. The standard InChI is InChI=1S/C16H17BrN2O2/c1-18-10-12-5-7-15(8-6-12)21-11-16(20)19-14-4-2-3-13(17)9-14/h2-9,18H,10-11H2,1H3,(H,19,20). The minimum atomic E-state index is -0.188. The van der Waals surface area contributed by atoms with Crippen LogP contribution in [0.3, 0.4) is 0 Å². The lowest BCUT2D eigenvalue weighted by Gasteiger charge is -2.08. The van der Waals surface area contributed by atoms with Gasteiger partial charge in [0.2, 0.25) is 0 Å². The number of hydrogen-bond donors (Lipinski definition) is 2. The van der Waals surface area contributed by atoms with Crippen LogP contribution in [-0.4, -0.2) is 19.6 Å². The molecule has 0 heterocycles. The Morgan fingerprint density at radius 3 is 2.62 bits per heavy atom. The highest BCUT2D eigenvalue weighted by atomic mass is 79.9. The highest BCUT2D eigenvalue weighted by Gasteiger charge is 2.04. The SMILES string of the molecule is CNCc1ccc(OCC(=O)Nc2cccc(Br)c2)cc1. The van der Waals surface area contributed by atoms with E-state index in [0.29, 0.717) is 5.75 Å². The molecule has 0 aliphatic rings. The third kappa shape index (κ3) is 5.21. The average Bonchev–Trinajstić information content (AvgIpc) is 2.47. The highest BCUT2D eigenvalue weighted by Crippen LogP contribution is 2.16. The molecule has 21 heavy (non-hydrogen) atoms. The number of halogens is 1. The Morgan fingerprint density at radius 1 is 1.19 bits per heavy atom. The van der Waals surface area contributed by atoms with Crippen molar-refractivity contribution in [2.45, 2.75) is 6.54 Å². The van der Waals surface area contributed by atoms with Crippen LogP contribution < -0.4 is 15.4 Å². The first-order valence-electron chi connectivity index (χ1n) is 6.59. The van der Waals surface area contributed by atoms with Gasteiger partial charge in [0.25, 0.3) is 5.91 Å². The molecule has 0 unspecified atom stereocenters. The third-order valence-corrected chi connectivity index (χ3v) is 3.28. The molecule has 0 aromatic heterocycles. The number of ether oxygens (including phenoxy) is 1. The molecule has 2 aromatic rings. The van der Waals surface area contributed by atoms with Crippen LogP contribution in [0.2, 0.25) is 0 Å². The molecule has 5 heteroatoms. The second-order valence-electron chi connectivity index (χ2n) is 4.52. The Hall–Kier alpha value is -1.85. The van der Waals surface area contributed by atoms with Crippen LogP contribution in [-0.2, 0) is 11.3 Å². The summed E-state index contributed by atoms with van der Waals surface area (Å²) >= 11 is 3.36. The van der Waals surface area contributed by atoms with E-state index in [0.717, 1.165) is 16.7 Å². The molecule has 0 bridgehead atoms. The van der Waals surface area contributed by atoms with E-state index < -0.39 is 0 Å². The number of carbonyl (C=O) groups excluding carboxylic acids is 1. The van der Waals surface area contributed by atoms with Crippen LogP contribution in [0.5, 0.6) is 5.75 Å². The maximum Gasteiger partial charge on any atom is 0.262 e. The molecule has 0 aliphatic heterocycles. The lowest BCUT2D eigenvalue weighted by molar-refractivity contribution is -0.118. The zero-order chi connectivity index (χ0) is 15.1. The van der Waals surface area contributed by atoms with Gasteiger partial charge in [-0.1, -0.05) is 34.1 Å². The van der Waals surface area contributed by atoms with Gasteiger partial charge in [0.1, 0.15) is 5.75 Å². The summed E-state index contributed by atoms with van der Waals surface area (Å²) in [5.41, 5.74) is 1.91. The van der Waals surface area contributed by atoms with Crippen LogP contribution in [0.1, 0.15) is 5.56 Å². The fourth-order valence-corrected chi connectivity index (χ4v) is 2.22. The monoisotopic (exact) mass is 348 g/mol. The normalized spacial score (nSPS) is 10.2. The molecule has 1 amide bonds. The summed E-state index contributed by atoms with van der Waals surface area (Å²) in [5, 5.41) is 5.86. The minimum absolute atomic E-state index is 0.0160. The molecule has 0 saturated heterocycles. The summed E-state index contributed by atoms with van der Waals surface area (Å²) in [6.07, 6.45) is 0. The number of benzene rings is 2. The van der Waals surface area contributed by atoms with Crippen molar-refractivity contribution in [1.29, 1.82) is 0 Å². The van der Waals surface area contributed by atoms with Gasteiger partial charge in [-0.25, -0.2) is 0 Å². The largest absolute Gasteiger partial charge is 0.484 e. The summed E-state index contributed by atoms with van der Waals surface area (Å²) in [5.74, 6) is 0.492. The van der Waals surface area contributed by atoms with Gasteiger partial charge in [0.05, 0.1) is 0 Å². The van der Waals surface area contributed by atoms with Crippen molar-refractivity contribution in [2.75, 3.05) is 19.0 Å². The van der Waals surface area contributed by atoms with Crippen molar-refractivity contribution >= 4 is 27.5 Å². The summed E-state index contributed by atoms with van der Waals surface area (Å²) in [6.45, 7) is 0.793. The molecule has 0 radical (unpaired) electrons. The Kier molecular flexibility index (Phi) is 5.78. The van der Waals surface area contributed by atoms with E-state index in [1.165, 1.54) is 5.56 Å². The smallest absolute Gasteiger partial charge is 0.262 e. The minimum Gasteiger partial charge on any atom is -0.484 e. The van der Waals surface area contributed by atoms with Crippen molar-refractivity contribution in [1.82, 2.24) is 5.32 Å². The maximum absolute atomic E-state index is 11.8. The summed E-state index contributed by atoms with van der Waals surface area (Å²) in [6, 6.07) is 15.1. The van der Waals surface area contributed by atoms with Crippen molar-refractivity contribution < 1.29 is 9.53 Å². The number of rotatable bonds is 6. The maximum atomic E-state index is 11.8. The molecular weight excluding hydrogens is 332 g/mol. The fraction of sp³-hybridized carbons (Fsp3) is 0.188. The van der Waals surface area contributed by atoms with E-state index in [9.17, 15) is 4.79 Å². The molecule has 0 saturated carbocycles. The molecular formula is C16H17BrN2O2. The first kappa shape index (κ1) is 15.5. The lowest BCUT2D eigenvalue weighted by atomic mass is 10.2. The van der Waals surface area contributed by atoms with E-state index in [1.54, 1.807) is 0 Å². The number of amides is 1. The van der Waals surface area contributed by atoms with Gasteiger partial charge in [0.15, 0.2) is 6.61 Å². The highest BCUT2D eigenvalue weighted by molar-refractivity contribution is 9.10. The predicted molar refractivity (Wildman–Crippen MR) is 87.5 cm³/mol. The van der Waals surface area contributed by atoms with Crippen molar-refractivity contribution in [3.63, 3.8) is 0 Å². The average molecular weight is 349 g/mol. The zero-order valence-corrected chi connectivity index (χ0v) is 13.3. The number of anilines is 1. The van der Waals surface area contributed by atoms with Crippen LogP contribution in [0, 0.1) is 0 Å². The van der Waals surface area contributed by atoms with E-state index >= 15 is 0 Å². The quantitative estimate of drug-likeness (QED) is 0.842. The predicted octanol–water partition coefficient (Wildman–Crippen LogP) is 3.19. The van der Waals surface area contributed by atoms with Crippen molar-refractivity contribution in [3.05, 3.63) is 58.6 Å². The van der Waals surface area contributed by atoms with E-state index in [2.05, 4.69) is 26.6 Å². The van der Waals surface area contributed by atoms with Crippen molar-refractivity contribution in [3.8, 4) is 5.75 Å². The molecule has 0 aliphatic carbocycles. The second-order valence-corrected chi connectivity index (χ2v) is 5.44. The first-order chi connectivity index (χ1) is 10.2. The van der Waals surface area contributed by atoms with E-state index in [-0.39, 0.29) is 12.5 Å². The van der Waals surface area contributed by atoms with Gasteiger partial charge >= 0.3 is 0 Å². The number of hydrogen-bond acceptors (Lipinski definition) is 3. The fourth-order valence-electron chi connectivity index (χ4n) is 1.82. The van der Waals surface area contributed by atoms with Crippen LogP contribution >= 0.6 is 15.9 Å². The molecule has 0 atom stereocenters. The van der Waals surface area contributed by atoms with Crippen molar-refractivity contribution in [2.24, 2.45) is 0 Å². The molecule has 4 nitrogen and oxygen atoms in total. The molecule has 110 valence electrons. The lowest BCUT2D eigenvalue weighted by Crippen LogP contribution is -2.20. The molecule has 2 N–H and O–H groups in total. The second kappa shape index (κ2) is 7.81. The Bertz CT molecular complexity index is 599. The molecule has 2 rings (SSSR count). The third-order valence-electron chi connectivity index (χ3n) is 2.78. The molecule has 0 spiro atoms. The number of carbonyl (C=O) groups is 1. The Balaban J connectivity index is 1.83.